The third-order valence-electron chi connectivity index (χ3n) is 4.08. The number of ketones is 1. The molecule has 2 rings (SSSR count). The summed E-state index contributed by atoms with van der Waals surface area (Å²) in [6.07, 6.45) is 4.07. The van der Waals surface area contributed by atoms with Gasteiger partial charge in [-0.25, -0.2) is 0 Å². The van der Waals surface area contributed by atoms with Crippen LogP contribution in [0.1, 0.15) is 49.0 Å². The predicted octanol–water partition coefficient (Wildman–Crippen LogP) is 3.21. The predicted molar refractivity (Wildman–Crippen MR) is 75.0 cm³/mol. The van der Waals surface area contributed by atoms with Crippen LogP contribution in [0.2, 0.25) is 0 Å². The van der Waals surface area contributed by atoms with Crippen LogP contribution < -0.4 is 5.32 Å². The molecule has 0 bridgehead atoms. The first kappa shape index (κ1) is 13.3. The summed E-state index contributed by atoms with van der Waals surface area (Å²) >= 11 is 0. The van der Waals surface area contributed by atoms with Gasteiger partial charge in [0.15, 0.2) is 5.78 Å². The van der Waals surface area contributed by atoms with Crippen molar-refractivity contribution >= 4 is 5.78 Å². The first-order valence-corrected chi connectivity index (χ1v) is 7.06. The van der Waals surface area contributed by atoms with E-state index in [9.17, 15) is 4.79 Å². The second-order valence-corrected chi connectivity index (χ2v) is 5.34. The standard InChI is InChI=1S/C16H23NO/c1-3-9-16(10-11-17-12-16)15(18)14-7-5-13(4-2)6-8-14/h5-8,17H,3-4,9-12H2,1-2H3. The highest BCUT2D eigenvalue weighted by Gasteiger charge is 2.40. The number of carbonyl (C=O) groups excluding carboxylic acids is 1. The van der Waals surface area contributed by atoms with E-state index in [-0.39, 0.29) is 5.41 Å². The zero-order valence-corrected chi connectivity index (χ0v) is 11.5. The Morgan fingerprint density at radius 1 is 1.28 bits per heavy atom. The van der Waals surface area contributed by atoms with Crippen molar-refractivity contribution in [3.05, 3.63) is 35.4 Å². The van der Waals surface area contributed by atoms with E-state index >= 15 is 0 Å². The Hall–Kier alpha value is -1.15. The molecule has 1 heterocycles. The topological polar surface area (TPSA) is 29.1 Å². The molecule has 18 heavy (non-hydrogen) atoms. The minimum absolute atomic E-state index is 0.150. The highest BCUT2D eigenvalue weighted by molar-refractivity contribution is 6.01. The van der Waals surface area contributed by atoms with E-state index in [1.807, 2.05) is 12.1 Å². The monoisotopic (exact) mass is 245 g/mol. The summed E-state index contributed by atoms with van der Waals surface area (Å²) in [4.78, 5) is 12.7. The maximum Gasteiger partial charge on any atom is 0.170 e. The van der Waals surface area contributed by atoms with Crippen molar-refractivity contribution in [1.29, 1.82) is 0 Å². The van der Waals surface area contributed by atoms with Crippen LogP contribution in [0.15, 0.2) is 24.3 Å². The number of carbonyl (C=O) groups is 1. The van der Waals surface area contributed by atoms with Crippen LogP contribution in [0.5, 0.6) is 0 Å². The molecule has 98 valence electrons. The van der Waals surface area contributed by atoms with E-state index in [2.05, 4.69) is 31.3 Å². The second kappa shape index (κ2) is 5.66. The average molecular weight is 245 g/mol. The van der Waals surface area contributed by atoms with E-state index < -0.39 is 0 Å². The van der Waals surface area contributed by atoms with Gasteiger partial charge in [0, 0.05) is 17.5 Å². The van der Waals surface area contributed by atoms with Crippen LogP contribution in [0.3, 0.4) is 0 Å². The van der Waals surface area contributed by atoms with Crippen molar-refractivity contribution in [2.45, 2.75) is 39.5 Å². The fraction of sp³-hybridized carbons (Fsp3) is 0.562. The Kier molecular flexibility index (Phi) is 4.18. The number of nitrogens with one attached hydrogen (secondary N) is 1. The van der Waals surface area contributed by atoms with Crippen LogP contribution in [0, 0.1) is 5.41 Å². The first-order chi connectivity index (χ1) is 8.72. The van der Waals surface area contributed by atoms with Gasteiger partial charge in [-0.1, -0.05) is 44.5 Å². The molecule has 0 radical (unpaired) electrons. The zero-order valence-electron chi connectivity index (χ0n) is 11.5. The molecular weight excluding hydrogens is 222 g/mol. The lowest BCUT2D eigenvalue weighted by Gasteiger charge is -2.26. The summed E-state index contributed by atoms with van der Waals surface area (Å²) in [7, 11) is 0. The maximum atomic E-state index is 12.7. The fourth-order valence-corrected chi connectivity index (χ4v) is 2.94. The molecule has 1 aromatic carbocycles. The summed E-state index contributed by atoms with van der Waals surface area (Å²) < 4.78 is 0. The minimum Gasteiger partial charge on any atom is -0.316 e. The Labute approximate surface area is 110 Å². The molecule has 1 aliphatic heterocycles. The van der Waals surface area contributed by atoms with Gasteiger partial charge in [-0.3, -0.25) is 4.79 Å². The highest BCUT2D eigenvalue weighted by Crippen LogP contribution is 2.34. The van der Waals surface area contributed by atoms with Gasteiger partial charge in [-0.15, -0.1) is 0 Å². The van der Waals surface area contributed by atoms with Crippen LogP contribution >= 0.6 is 0 Å². The molecule has 2 heteroatoms. The molecular formula is C16H23NO. The van der Waals surface area contributed by atoms with Crippen LogP contribution in [0.4, 0.5) is 0 Å². The van der Waals surface area contributed by atoms with E-state index in [1.54, 1.807) is 0 Å². The molecule has 0 amide bonds. The van der Waals surface area contributed by atoms with Crippen molar-refractivity contribution in [3.63, 3.8) is 0 Å². The molecule has 1 aliphatic rings. The molecule has 1 N–H and O–H groups in total. The van der Waals surface area contributed by atoms with Gasteiger partial charge in [0.2, 0.25) is 0 Å². The van der Waals surface area contributed by atoms with Crippen molar-refractivity contribution < 1.29 is 4.79 Å². The maximum absolute atomic E-state index is 12.7. The molecule has 1 atom stereocenters. The highest BCUT2D eigenvalue weighted by atomic mass is 16.1. The number of hydrogen-bond donors (Lipinski definition) is 1. The molecule has 0 spiro atoms. The summed E-state index contributed by atoms with van der Waals surface area (Å²) in [5, 5.41) is 3.35. The SMILES string of the molecule is CCCC1(C(=O)c2ccc(CC)cc2)CCNC1. The third kappa shape index (κ3) is 2.49. The lowest BCUT2D eigenvalue weighted by atomic mass is 9.76. The molecule has 1 fully saturated rings. The lowest BCUT2D eigenvalue weighted by Crippen LogP contribution is -2.33. The Morgan fingerprint density at radius 3 is 2.50 bits per heavy atom. The van der Waals surface area contributed by atoms with Crippen LogP contribution in [-0.2, 0) is 6.42 Å². The van der Waals surface area contributed by atoms with Crippen LogP contribution in [-0.4, -0.2) is 18.9 Å². The Balaban J connectivity index is 2.22. The molecule has 0 aromatic heterocycles. The van der Waals surface area contributed by atoms with E-state index in [4.69, 9.17) is 0 Å². The smallest absolute Gasteiger partial charge is 0.170 e. The zero-order chi connectivity index (χ0) is 13.0. The van der Waals surface area contributed by atoms with Gasteiger partial charge in [-0.2, -0.15) is 0 Å². The molecule has 1 aromatic rings. The molecule has 1 saturated heterocycles. The number of benzene rings is 1. The molecule has 0 aliphatic carbocycles. The van der Waals surface area contributed by atoms with E-state index in [1.165, 1.54) is 5.56 Å². The summed E-state index contributed by atoms with van der Waals surface area (Å²) in [5.74, 6) is 0.331. The number of hydrogen-bond acceptors (Lipinski definition) is 2. The summed E-state index contributed by atoms with van der Waals surface area (Å²) in [6, 6.07) is 8.15. The second-order valence-electron chi connectivity index (χ2n) is 5.34. The van der Waals surface area contributed by atoms with Gasteiger partial charge in [0.05, 0.1) is 0 Å². The third-order valence-corrected chi connectivity index (χ3v) is 4.08. The van der Waals surface area contributed by atoms with Gasteiger partial charge in [0.1, 0.15) is 0 Å². The number of rotatable bonds is 5. The molecule has 0 saturated carbocycles. The Bertz CT molecular complexity index is 402. The first-order valence-electron chi connectivity index (χ1n) is 7.06. The summed E-state index contributed by atoms with van der Waals surface area (Å²) in [5.41, 5.74) is 2.02. The number of Topliss-reactive ketones (excluding diaryl/α,β-unsaturated/α-hetero) is 1. The van der Waals surface area contributed by atoms with Gasteiger partial charge >= 0.3 is 0 Å². The number of aryl methyl sites for hydroxylation is 1. The summed E-state index contributed by atoms with van der Waals surface area (Å²) in [6.45, 7) is 6.11. The largest absolute Gasteiger partial charge is 0.316 e. The lowest BCUT2D eigenvalue weighted by molar-refractivity contribution is 0.0802. The van der Waals surface area contributed by atoms with Gasteiger partial charge in [-0.05, 0) is 31.4 Å². The van der Waals surface area contributed by atoms with Crippen molar-refractivity contribution in [1.82, 2.24) is 5.32 Å². The normalized spacial score (nSPS) is 23.2. The van der Waals surface area contributed by atoms with Crippen molar-refractivity contribution in [3.8, 4) is 0 Å². The minimum atomic E-state index is -0.150. The van der Waals surface area contributed by atoms with Crippen molar-refractivity contribution in [2.24, 2.45) is 5.41 Å². The Morgan fingerprint density at radius 2 is 2.00 bits per heavy atom. The van der Waals surface area contributed by atoms with E-state index in [0.717, 1.165) is 44.3 Å². The molecule has 2 nitrogen and oxygen atoms in total. The van der Waals surface area contributed by atoms with Gasteiger partial charge < -0.3 is 5.32 Å². The van der Waals surface area contributed by atoms with Crippen molar-refractivity contribution in [2.75, 3.05) is 13.1 Å². The average Bonchev–Trinajstić information content (AvgIpc) is 2.88. The van der Waals surface area contributed by atoms with Crippen LogP contribution in [0.25, 0.3) is 0 Å². The quantitative estimate of drug-likeness (QED) is 0.807. The fourth-order valence-electron chi connectivity index (χ4n) is 2.94. The molecule has 1 unspecified atom stereocenters. The van der Waals surface area contributed by atoms with Gasteiger partial charge in [0.25, 0.3) is 0 Å². The van der Waals surface area contributed by atoms with E-state index in [0.29, 0.717) is 5.78 Å².